The van der Waals surface area contributed by atoms with Crippen molar-refractivity contribution >= 4 is 0 Å². The Morgan fingerprint density at radius 3 is 1.54 bits per heavy atom. The summed E-state index contributed by atoms with van der Waals surface area (Å²) in [6, 6.07) is 0. The molecular formula is C26H51N2+. The quantitative estimate of drug-likeness (QED) is 0.157. The standard InChI is InChI=1S/C26H51N2/c1-4-6-8-10-12-13-14-15-16-17-19-21-23-28-25-24-27(26(28)3)22-20-18-11-9-7-5-2/h24-25H,4-23H2,1-3H3/q+1. The molecule has 0 spiro atoms. The van der Waals surface area contributed by atoms with E-state index in [9.17, 15) is 0 Å². The zero-order valence-electron chi connectivity index (χ0n) is 19.7. The molecule has 0 fully saturated rings. The van der Waals surface area contributed by atoms with E-state index < -0.39 is 0 Å². The number of hydrogen-bond acceptors (Lipinski definition) is 0. The fourth-order valence-corrected chi connectivity index (χ4v) is 4.20. The fraction of sp³-hybridized carbons (Fsp3) is 0.885. The molecule has 0 aliphatic heterocycles. The minimum atomic E-state index is 1.20. The average Bonchev–Trinajstić information content (AvgIpc) is 3.05. The molecule has 0 saturated heterocycles. The van der Waals surface area contributed by atoms with Crippen molar-refractivity contribution in [2.45, 2.75) is 149 Å². The van der Waals surface area contributed by atoms with Gasteiger partial charge in [0.05, 0.1) is 13.1 Å². The van der Waals surface area contributed by atoms with E-state index >= 15 is 0 Å². The van der Waals surface area contributed by atoms with Gasteiger partial charge in [0.2, 0.25) is 0 Å². The van der Waals surface area contributed by atoms with Crippen LogP contribution in [0.3, 0.4) is 0 Å². The Hall–Kier alpha value is -0.790. The molecule has 0 amide bonds. The van der Waals surface area contributed by atoms with Crippen molar-refractivity contribution < 1.29 is 4.57 Å². The number of imidazole rings is 1. The van der Waals surface area contributed by atoms with Gasteiger partial charge in [-0.1, -0.05) is 104 Å². The second-order valence-electron chi connectivity index (χ2n) is 8.89. The van der Waals surface area contributed by atoms with E-state index in [0.29, 0.717) is 0 Å². The number of unbranched alkanes of at least 4 members (excludes halogenated alkanes) is 16. The van der Waals surface area contributed by atoms with E-state index in [-0.39, 0.29) is 0 Å². The average molecular weight is 392 g/mol. The second kappa shape index (κ2) is 18.3. The van der Waals surface area contributed by atoms with E-state index in [1.165, 1.54) is 134 Å². The monoisotopic (exact) mass is 391 g/mol. The molecule has 0 N–H and O–H groups in total. The Labute approximate surface area is 177 Å². The Morgan fingerprint density at radius 1 is 0.607 bits per heavy atom. The largest absolute Gasteiger partial charge is 0.253 e. The molecule has 0 bridgehead atoms. The predicted octanol–water partition coefficient (Wildman–Crippen LogP) is 8.15. The molecule has 1 rings (SSSR count). The van der Waals surface area contributed by atoms with Crippen molar-refractivity contribution in [3.05, 3.63) is 18.2 Å². The second-order valence-corrected chi connectivity index (χ2v) is 8.89. The van der Waals surface area contributed by atoms with Gasteiger partial charge in [0.1, 0.15) is 12.4 Å². The summed E-state index contributed by atoms with van der Waals surface area (Å²) in [5.41, 5.74) is 0. The van der Waals surface area contributed by atoms with Crippen molar-refractivity contribution in [1.29, 1.82) is 0 Å². The van der Waals surface area contributed by atoms with Crippen molar-refractivity contribution in [1.82, 2.24) is 4.57 Å². The maximum atomic E-state index is 2.47. The molecule has 0 unspecified atom stereocenters. The number of hydrogen-bond donors (Lipinski definition) is 0. The van der Waals surface area contributed by atoms with Crippen molar-refractivity contribution in [2.75, 3.05) is 0 Å². The molecule has 2 nitrogen and oxygen atoms in total. The first-order valence-corrected chi connectivity index (χ1v) is 12.8. The summed E-state index contributed by atoms with van der Waals surface area (Å²) in [6.45, 7) is 9.28. The summed E-state index contributed by atoms with van der Waals surface area (Å²) in [6.07, 6.45) is 30.0. The van der Waals surface area contributed by atoms with Gasteiger partial charge in [-0.05, 0) is 25.7 Å². The third-order valence-corrected chi connectivity index (χ3v) is 6.26. The highest BCUT2D eigenvalue weighted by Crippen LogP contribution is 2.12. The molecule has 1 aromatic rings. The van der Waals surface area contributed by atoms with Crippen LogP contribution < -0.4 is 4.57 Å². The first-order chi connectivity index (χ1) is 13.8. The van der Waals surface area contributed by atoms with E-state index in [1.807, 2.05) is 0 Å². The van der Waals surface area contributed by atoms with Crippen LogP contribution in [0.5, 0.6) is 0 Å². The van der Waals surface area contributed by atoms with Gasteiger partial charge in [-0.15, -0.1) is 0 Å². The van der Waals surface area contributed by atoms with Crippen LogP contribution in [0, 0.1) is 6.92 Å². The molecule has 0 aliphatic carbocycles. The SMILES string of the molecule is CCCCCCCCCCCCCC[n+]1ccn(CCCCCCCC)c1C. The summed E-state index contributed by atoms with van der Waals surface area (Å²) in [5.74, 6) is 1.44. The third-order valence-electron chi connectivity index (χ3n) is 6.26. The van der Waals surface area contributed by atoms with Gasteiger partial charge in [-0.25, -0.2) is 9.13 Å². The van der Waals surface area contributed by atoms with Crippen molar-refractivity contribution in [2.24, 2.45) is 0 Å². The predicted molar refractivity (Wildman–Crippen MR) is 124 cm³/mol. The van der Waals surface area contributed by atoms with Crippen LogP contribution in [-0.2, 0) is 13.1 Å². The van der Waals surface area contributed by atoms with Gasteiger partial charge in [-0.2, -0.15) is 0 Å². The third kappa shape index (κ3) is 12.6. The molecule has 2 heteroatoms. The molecule has 0 atom stereocenters. The Bertz CT molecular complexity index is 449. The minimum Gasteiger partial charge on any atom is -0.234 e. The normalized spacial score (nSPS) is 11.4. The van der Waals surface area contributed by atoms with Gasteiger partial charge in [0, 0.05) is 6.92 Å². The molecular weight excluding hydrogens is 340 g/mol. The highest BCUT2D eigenvalue weighted by molar-refractivity contribution is 4.79. The van der Waals surface area contributed by atoms with Crippen LogP contribution in [-0.4, -0.2) is 4.57 Å². The van der Waals surface area contributed by atoms with Crippen molar-refractivity contribution in [3.8, 4) is 0 Å². The number of nitrogens with zero attached hydrogens (tertiary/aromatic N) is 2. The zero-order chi connectivity index (χ0) is 20.3. The lowest BCUT2D eigenvalue weighted by Gasteiger charge is -2.04. The number of aryl methyl sites for hydroxylation is 2. The summed E-state index contributed by atoms with van der Waals surface area (Å²) in [5, 5.41) is 0. The Kier molecular flexibility index (Phi) is 16.5. The lowest BCUT2D eigenvalue weighted by atomic mass is 10.1. The van der Waals surface area contributed by atoms with Crippen LogP contribution in [0.1, 0.15) is 135 Å². The fourth-order valence-electron chi connectivity index (χ4n) is 4.20. The zero-order valence-corrected chi connectivity index (χ0v) is 19.7. The van der Waals surface area contributed by atoms with E-state index in [0.717, 1.165) is 0 Å². The summed E-state index contributed by atoms with van der Waals surface area (Å²) in [4.78, 5) is 0. The molecule has 28 heavy (non-hydrogen) atoms. The molecule has 0 radical (unpaired) electrons. The van der Waals surface area contributed by atoms with Crippen LogP contribution in [0.4, 0.5) is 0 Å². The lowest BCUT2D eigenvalue weighted by molar-refractivity contribution is -0.702. The van der Waals surface area contributed by atoms with Gasteiger partial charge in [-0.3, -0.25) is 0 Å². The summed E-state index contributed by atoms with van der Waals surface area (Å²) in [7, 11) is 0. The molecule has 164 valence electrons. The van der Waals surface area contributed by atoms with Gasteiger partial charge < -0.3 is 0 Å². The highest BCUT2D eigenvalue weighted by Gasteiger charge is 2.11. The van der Waals surface area contributed by atoms with Crippen LogP contribution in [0.25, 0.3) is 0 Å². The first-order valence-electron chi connectivity index (χ1n) is 12.8. The van der Waals surface area contributed by atoms with E-state index in [4.69, 9.17) is 0 Å². The summed E-state index contributed by atoms with van der Waals surface area (Å²) < 4.78 is 4.92. The smallest absolute Gasteiger partial charge is 0.234 e. The molecule has 1 heterocycles. The maximum absolute atomic E-state index is 2.47. The molecule has 0 aromatic carbocycles. The number of rotatable bonds is 20. The molecule has 0 saturated carbocycles. The van der Waals surface area contributed by atoms with Crippen LogP contribution in [0.15, 0.2) is 12.4 Å². The number of aromatic nitrogens is 2. The van der Waals surface area contributed by atoms with Crippen LogP contribution in [0.2, 0.25) is 0 Å². The van der Waals surface area contributed by atoms with Gasteiger partial charge in [0.25, 0.3) is 5.82 Å². The van der Waals surface area contributed by atoms with Gasteiger partial charge >= 0.3 is 0 Å². The van der Waals surface area contributed by atoms with E-state index in [1.54, 1.807) is 0 Å². The molecule has 0 aliphatic rings. The van der Waals surface area contributed by atoms with Gasteiger partial charge in [0.15, 0.2) is 0 Å². The van der Waals surface area contributed by atoms with Crippen LogP contribution >= 0.6 is 0 Å². The first kappa shape index (κ1) is 25.2. The molecule has 1 aromatic heterocycles. The summed E-state index contributed by atoms with van der Waals surface area (Å²) >= 11 is 0. The Morgan fingerprint density at radius 2 is 1.04 bits per heavy atom. The highest BCUT2D eigenvalue weighted by atomic mass is 15.1. The lowest BCUT2D eigenvalue weighted by Crippen LogP contribution is -2.35. The van der Waals surface area contributed by atoms with E-state index in [2.05, 4.69) is 42.3 Å². The Balaban J connectivity index is 1.97. The maximum Gasteiger partial charge on any atom is 0.253 e. The minimum absolute atomic E-state index is 1.20. The topological polar surface area (TPSA) is 8.81 Å². The van der Waals surface area contributed by atoms with Crippen molar-refractivity contribution in [3.63, 3.8) is 0 Å².